The molecule has 3 amide bonds. The molecular weight excluding hydrogens is 356 g/mol. The van der Waals surface area contributed by atoms with Gasteiger partial charge < -0.3 is 19.9 Å². The Morgan fingerprint density at radius 1 is 0.964 bits per heavy atom. The van der Waals surface area contributed by atoms with Crippen molar-refractivity contribution < 1.29 is 14.3 Å². The average Bonchev–Trinajstić information content (AvgIpc) is 2.88. The normalized spacial score (nSPS) is 21.5. The van der Waals surface area contributed by atoms with Gasteiger partial charge in [0.1, 0.15) is 11.9 Å². The molecule has 4 rings (SSSR count). The number of hydrogen-bond acceptors (Lipinski definition) is 4. The molecule has 1 N–H and O–H groups in total. The van der Waals surface area contributed by atoms with Gasteiger partial charge in [-0.15, -0.1) is 0 Å². The summed E-state index contributed by atoms with van der Waals surface area (Å²) in [7, 11) is 1.61. The molecule has 152 valence electrons. The molecule has 0 atom stereocenters. The third kappa shape index (κ3) is 4.09. The van der Waals surface area contributed by atoms with Crippen molar-refractivity contribution in [1.82, 2.24) is 20.0 Å². The summed E-state index contributed by atoms with van der Waals surface area (Å²) in [5.41, 5.74) is 0.609. The second kappa shape index (κ2) is 8.39. The number of nitrogens with zero attached hydrogens (tertiary/aromatic N) is 3. The first kappa shape index (κ1) is 19.1. The minimum Gasteiger partial charge on any atom is -0.487 e. The molecule has 7 nitrogen and oxygen atoms in total. The van der Waals surface area contributed by atoms with E-state index in [0.29, 0.717) is 18.7 Å². The maximum absolute atomic E-state index is 12.8. The Kier molecular flexibility index (Phi) is 5.71. The summed E-state index contributed by atoms with van der Waals surface area (Å²) in [6, 6.07) is 8.01. The first-order chi connectivity index (χ1) is 13.6. The Morgan fingerprint density at radius 3 is 2.36 bits per heavy atom. The number of ether oxygens (including phenoxy) is 1. The van der Waals surface area contributed by atoms with Crippen LogP contribution in [-0.2, 0) is 0 Å². The van der Waals surface area contributed by atoms with Gasteiger partial charge in [0.2, 0.25) is 0 Å². The van der Waals surface area contributed by atoms with Gasteiger partial charge in [0.05, 0.1) is 13.1 Å². The standard InChI is InChI=1S/C21H30N4O3/c1-22-20(26)16-6-8-18(9-7-16)28-19-14-25(15-19)21(27)24-11-3-10-23(12-13-24)17-4-2-5-17/h6-9,17,19H,2-5,10-15H2,1H3,(H,22,26). The predicted molar refractivity (Wildman–Crippen MR) is 107 cm³/mol. The number of likely N-dealkylation sites (tertiary alicyclic amines) is 1. The molecule has 2 heterocycles. The van der Waals surface area contributed by atoms with Crippen molar-refractivity contribution >= 4 is 11.9 Å². The van der Waals surface area contributed by atoms with Crippen LogP contribution in [0.4, 0.5) is 4.79 Å². The molecule has 1 aromatic carbocycles. The first-order valence-corrected chi connectivity index (χ1v) is 10.4. The van der Waals surface area contributed by atoms with E-state index in [2.05, 4.69) is 10.2 Å². The van der Waals surface area contributed by atoms with Crippen LogP contribution in [0, 0.1) is 0 Å². The number of benzene rings is 1. The van der Waals surface area contributed by atoms with E-state index in [1.54, 1.807) is 31.3 Å². The molecule has 1 aromatic rings. The van der Waals surface area contributed by atoms with Gasteiger partial charge >= 0.3 is 6.03 Å². The van der Waals surface area contributed by atoms with Gasteiger partial charge in [0, 0.05) is 44.8 Å². The molecule has 2 saturated heterocycles. The monoisotopic (exact) mass is 386 g/mol. The Labute approximate surface area is 166 Å². The van der Waals surface area contributed by atoms with E-state index in [0.717, 1.165) is 44.4 Å². The summed E-state index contributed by atoms with van der Waals surface area (Å²) >= 11 is 0. The zero-order valence-electron chi connectivity index (χ0n) is 16.6. The number of nitrogens with one attached hydrogen (secondary N) is 1. The van der Waals surface area contributed by atoms with Gasteiger partial charge in [-0.25, -0.2) is 4.79 Å². The molecule has 1 aliphatic carbocycles. The van der Waals surface area contributed by atoms with Gasteiger partial charge in [-0.3, -0.25) is 9.69 Å². The minimum absolute atomic E-state index is 0.0215. The predicted octanol–water partition coefficient (Wildman–Crippen LogP) is 1.79. The van der Waals surface area contributed by atoms with Crippen LogP contribution < -0.4 is 10.1 Å². The van der Waals surface area contributed by atoms with Crippen molar-refractivity contribution in [2.45, 2.75) is 37.8 Å². The molecule has 0 bridgehead atoms. The highest BCUT2D eigenvalue weighted by Crippen LogP contribution is 2.26. The van der Waals surface area contributed by atoms with Crippen LogP contribution >= 0.6 is 0 Å². The number of rotatable bonds is 4. The molecule has 7 heteroatoms. The first-order valence-electron chi connectivity index (χ1n) is 10.4. The molecule has 0 spiro atoms. The van der Waals surface area contributed by atoms with Crippen LogP contribution in [0.15, 0.2) is 24.3 Å². The smallest absolute Gasteiger partial charge is 0.320 e. The Balaban J connectivity index is 1.22. The van der Waals surface area contributed by atoms with Crippen LogP contribution in [0.2, 0.25) is 0 Å². The van der Waals surface area contributed by atoms with E-state index < -0.39 is 0 Å². The summed E-state index contributed by atoms with van der Waals surface area (Å²) in [6.07, 6.45) is 5.08. The summed E-state index contributed by atoms with van der Waals surface area (Å²) in [6.45, 7) is 5.05. The zero-order valence-corrected chi connectivity index (χ0v) is 16.6. The Hall–Kier alpha value is -2.28. The Morgan fingerprint density at radius 2 is 1.71 bits per heavy atom. The summed E-state index contributed by atoms with van der Waals surface area (Å²) in [4.78, 5) is 30.8. The second-order valence-electron chi connectivity index (χ2n) is 7.99. The molecule has 0 aromatic heterocycles. The van der Waals surface area contributed by atoms with Crippen molar-refractivity contribution in [1.29, 1.82) is 0 Å². The molecule has 1 saturated carbocycles. The lowest BCUT2D eigenvalue weighted by Gasteiger charge is -2.41. The number of urea groups is 1. The van der Waals surface area contributed by atoms with Crippen molar-refractivity contribution in [2.24, 2.45) is 0 Å². The molecule has 3 fully saturated rings. The van der Waals surface area contributed by atoms with E-state index in [1.165, 1.54) is 19.3 Å². The second-order valence-corrected chi connectivity index (χ2v) is 7.99. The number of hydrogen-bond donors (Lipinski definition) is 1. The van der Waals surface area contributed by atoms with E-state index in [1.807, 2.05) is 9.80 Å². The van der Waals surface area contributed by atoms with Crippen LogP contribution in [0.5, 0.6) is 5.75 Å². The topological polar surface area (TPSA) is 65.1 Å². The molecule has 0 unspecified atom stereocenters. The highest BCUT2D eigenvalue weighted by Gasteiger charge is 2.36. The van der Waals surface area contributed by atoms with Crippen molar-refractivity contribution in [3.05, 3.63) is 29.8 Å². The number of carbonyl (C=O) groups is 2. The number of amides is 3. The van der Waals surface area contributed by atoms with Crippen molar-refractivity contribution in [3.8, 4) is 5.75 Å². The maximum atomic E-state index is 12.8. The fourth-order valence-corrected chi connectivity index (χ4v) is 4.14. The van der Waals surface area contributed by atoms with E-state index >= 15 is 0 Å². The largest absolute Gasteiger partial charge is 0.487 e. The highest BCUT2D eigenvalue weighted by molar-refractivity contribution is 5.94. The van der Waals surface area contributed by atoms with Crippen molar-refractivity contribution in [3.63, 3.8) is 0 Å². The Bertz CT molecular complexity index is 698. The van der Waals surface area contributed by atoms with Gasteiger partial charge in [0.15, 0.2) is 0 Å². The quantitative estimate of drug-likeness (QED) is 0.857. The molecule has 3 aliphatic rings. The summed E-state index contributed by atoms with van der Waals surface area (Å²) < 4.78 is 5.93. The van der Waals surface area contributed by atoms with Gasteiger partial charge in [-0.1, -0.05) is 6.42 Å². The van der Waals surface area contributed by atoms with Crippen LogP contribution in [0.1, 0.15) is 36.0 Å². The average molecular weight is 386 g/mol. The number of carbonyl (C=O) groups excluding carboxylic acids is 2. The van der Waals surface area contributed by atoms with Crippen LogP contribution in [-0.4, -0.2) is 85.1 Å². The van der Waals surface area contributed by atoms with Gasteiger partial charge in [0.25, 0.3) is 5.91 Å². The molecule has 28 heavy (non-hydrogen) atoms. The van der Waals surface area contributed by atoms with Gasteiger partial charge in [-0.05, 0) is 43.5 Å². The summed E-state index contributed by atoms with van der Waals surface area (Å²) in [5, 5.41) is 2.60. The fraction of sp³-hybridized carbons (Fsp3) is 0.619. The molecule has 2 aliphatic heterocycles. The minimum atomic E-state index is -0.111. The molecular formula is C21H30N4O3. The molecule has 0 radical (unpaired) electrons. The third-order valence-corrected chi connectivity index (χ3v) is 6.16. The highest BCUT2D eigenvalue weighted by atomic mass is 16.5. The SMILES string of the molecule is CNC(=O)c1ccc(OC2CN(C(=O)N3CCCN(C4CCC4)CC3)C2)cc1. The van der Waals surface area contributed by atoms with Crippen LogP contribution in [0.25, 0.3) is 0 Å². The third-order valence-electron chi connectivity index (χ3n) is 6.16. The van der Waals surface area contributed by atoms with E-state index in [-0.39, 0.29) is 18.0 Å². The lowest BCUT2D eigenvalue weighted by Crippen LogP contribution is -2.60. The maximum Gasteiger partial charge on any atom is 0.320 e. The van der Waals surface area contributed by atoms with Crippen molar-refractivity contribution in [2.75, 3.05) is 46.3 Å². The lowest BCUT2D eigenvalue weighted by atomic mass is 9.91. The van der Waals surface area contributed by atoms with Gasteiger partial charge in [-0.2, -0.15) is 0 Å². The lowest BCUT2D eigenvalue weighted by molar-refractivity contribution is 0.0308. The van der Waals surface area contributed by atoms with E-state index in [4.69, 9.17) is 4.74 Å². The zero-order chi connectivity index (χ0) is 19.5. The fourth-order valence-electron chi connectivity index (χ4n) is 4.14. The van der Waals surface area contributed by atoms with E-state index in [9.17, 15) is 9.59 Å². The van der Waals surface area contributed by atoms with Crippen LogP contribution in [0.3, 0.4) is 0 Å². The summed E-state index contributed by atoms with van der Waals surface area (Å²) in [5.74, 6) is 0.621.